The number of carbonyl (C=O) groups is 2. The summed E-state index contributed by atoms with van der Waals surface area (Å²) in [6, 6.07) is 9.74. The monoisotopic (exact) mass is 349 g/mol. The quantitative estimate of drug-likeness (QED) is 0.643. The zero-order valence-corrected chi connectivity index (χ0v) is 15.1. The van der Waals surface area contributed by atoms with E-state index < -0.39 is 0 Å². The van der Waals surface area contributed by atoms with E-state index in [2.05, 4.69) is 21.9 Å². The van der Waals surface area contributed by atoms with Gasteiger partial charge in [0.15, 0.2) is 5.78 Å². The Morgan fingerprint density at radius 1 is 1.27 bits per heavy atom. The van der Waals surface area contributed by atoms with Gasteiger partial charge in [0, 0.05) is 17.8 Å². The molecule has 1 aliphatic rings. The molecule has 5 nitrogen and oxygen atoms in total. The Labute approximate surface area is 153 Å². The number of benzene rings is 1. The second-order valence-corrected chi connectivity index (χ2v) is 7.15. The highest BCUT2D eigenvalue weighted by molar-refractivity contribution is 6.07. The van der Waals surface area contributed by atoms with Crippen molar-refractivity contribution in [3.63, 3.8) is 0 Å². The number of nitrogens with zero attached hydrogens (tertiary/aromatic N) is 1. The number of Topliss-reactive ketones (excluding diaryl/α,β-unsaturated/α-hetero) is 1. The van der Waals surface area contributed by atoms with E-state index in [9.17, 15) is 9.59 Å². The summed E-state index contributed by atoms with van der Waals surface area (Å²) in [6.45, 7) is 7.86. The summed E-state index contributed by atoms with van der Waals surface area (Å²) < 4.78 is 0. The zero-order chi connectivity index (χ0) is 18.7. The van der Waals surface area contributed by atoms with Gasteiger partial charge in [0.25, 0.3) is 0 Å². The number of hydrogen-bond acceptors (Lipinski definition) is 3. The lowest BCUT2D eigenvalue weighted by Gasteiger charge is -2.24. The van der Waals surface area contributed by atoms with Crippen molar-refractivity contribution in [1.82, 2.24) is 15.3 Å². The highest BCUT2D eigenvalue weighted by Crippen LogP contribution is 2.27. The van der Waals surface area contributed by atoms with Gasteiger partial charge in [0.2, 0.25) is 5.91 Å². The van der Waals surface area contributed by atoms with Gasteiger partial charge < -0.3 is 10.3 Å². The first-order valence-electron chi connectivity index (χ1n) is 8.68. The highest BCUT2D eigenvalue weighted by Gasteiger charge is 2.31. The van der Waals surface area contributed by atoms with E-state index in [0.717, 1.165) is 11.3 Å². The van der Waals surface area contributed by atoms with Crippen LogP contribution in [-0.4, -0.2) is 21.7 Å². The number of imidazole rings is 1. The van der Waals surface area contributed by atoms with E-state index in [-0.39, 0.29) is 29.4 Å². The Morgan fingerprint density at radius 3 is 2.69 bits per heavy atom. The van der Waals surface area contributed by atoms with Crippen molar-refractivity contribution in [1.29, 1.82) is 0 Å². The lowest BCUT2D eigenvalue weighted by atomic mass is 9.87. The van der Waals surface area contributed by atoms with Gasteiger partial charge in [-0.1, -0.05) is 50.3 Å². The Kier molecular flexibility index (Phi) is 4.89. The van der Waals surface area contributed by atoms with Crippen LogP contribution in [0, 0.1) is 5.92 Å². The topological polar surface area (TPSA) is 74.8 Å². The summed E-state index contributed by atoms with van der Waals surface area (Å²) in [5.41, 5.74) is 2.52. The number of H-pyrrole nitrogens is 1. The molecule has 1 saturated heterocycles. The fourth-order valence-electron chi connectivity index (χ4n) is 3.08. The van der Waals surface area contributed by atoms with Gasteiger partial charge in [0.05, 0.1) is 23.4 Å². The lowest BCUT2D eigenvalue weighted by molar-refractivity contribution is -0.131. The number of aromatic amines is 1. The summed E-state index contributed by atoms with van der Waals surface area (Å²) in [5, 5.41) is 2.76. The van der Waals surface area contributed by atoms with E-state index in [0.29, 0.717) is 17.8 Å². The van der Waals surface area contributed by atoms with E-state index in [1.165, 1.54) is 0 Å². The third kappa shape index (κ3) is 3.67. The summed E-state index contributed by atoms with van der Waals surface area (Å²) >= 11 is 0. The van der Waals surface area contributed by atoms with Gasteiger partial charge >= 0.3 is 0 Å². The molecule has 0 aliphatic carbocycles. The summed E-state index contributed by atoms with van der Waals surface area (Å²) in [6.07, 6.45) is 5.82. The van der Waals surface area contributed by atoms with Crippen molar-refractivity contribution in [2.24, 2.45) is 5.92 Å². The number of piperidine rings is 1. The van der Waals surface area contributed by atoms with Crippen LogP contribution in [0.4, 0.5) is 0 Å². The number of hydrogen-bond donors (Lipinski definition) is 2. The lowest BCUT2D eigenvalue weighted by Crippen LogP contribution is -2.41. The van der Waals surface area contributed by atoms with Crippen LogP contribution < -0.4 is 5.32 Å². The van der Waals surface area contributed by atoms with Gasteiger partial charge in [-0.3, -0.25) is 9.59 Å². The molecule has 2 N–H and O–H groups in total. The molecule has 1 atom stereocenters. The summed E-state index contributed by atoms with van der Waals surface area (Å²) in [4.78, 5) is 32.4. The van der Waals surface area contributed by atoms with Crippen LogP contribution in [-0.2, 0) is 21.4 Å². The van der Waals surface area contributed by atoms with Crippen LogP contribution in [0.25, 0.3) is 6.08 Å². The zero-order valence-electron chi connectivity index (χ0n) is 15.1. The fraction of sp³-hybridized carbons (Fsp3) is 0.286. The smallest absolute Gasteiger partial charge is 0.228 e. The Bertz CT molecular complexity index is 862. The van der Waals surface area contributed by atoms with Crippen LogP contribution in [0.3, 0.4) is 0 Å². The molecule has 1 aromatic carbocycles. The van der Waals surface area contributed by atoms with Crippen LogP contribution >= 0.6 is 0 Å². The predicted molar refractivity (Wildman–Crippen MR) is 101 cm³/mol. The Balaban J connectivity index is 1.79. The van der Waals surface area contributed by atoms with E-state index in [4.69, 9.17) is 0 Å². The largest absolute Gasteiger partial charge is 0.347 e. The average molecular weight is 349 g/mol. The number of carbonyl (C=O) groups excluding carboxylic acids is 2. The van der Waals surface area contributed by atoms with Crippen molar-refractivity contribution in [3.8, 4) is 0 Å². The van der Waals surface area contributed by atoms with Gasteiger partial charge in [-0.2, -0.15) is 0 Å². The van der Waals surface area contributed by atoms with Crippen LogP contribution in [0.2, 0.25) is 0 Å². The molecule has 134 valence electrons. The highest BCUT2D eigenvalue weighted by atomic mass is 16.2. The van der Waals surface area contributed by atoms with Crippen molar-refractivity contribution in [2.45, 2.75) is 32.1 Å². The molecule has 2 aromatic rings. The molecular weight excluding hydrogens is 326 g/mol. The Morgan fingerprint density at radius 2 is 2.00 bits per heavy atom. The number of allylic oxidation sites excluding steroid dienone is 2. The third-order valence-electron chi connectivity index (χ3n) is 4.79. The molecule has 0 bridgehead atoms. The second kappa shape index (κ2) is 7.12. The number of aromatic nitrogens is 2. The first kappa shape index (κ1) is 17.9. The SMILES string of the molecule is C=CC(C)(C)c1[nH]cnc1/C=C1/NC(=O)C(Cc2ccccc2)CC1=O. The number of amides is 1. The minimum absolute atomic E-state index is 0.0732. The van der Waals surface area contributed by atoms with Crippen molar-refractivity contribution in [3.05, 3.63) is 72.0 Å². The first-order chi connectivity index (χ1) is 12.4. The maximum absolute atomic E-state index is 12.6. The average Bonchev–Trinajstić information content (AvgIpc) is 3.09. The molecular formula is C21H23N3O2. The molecule has 26 heavy (non-hydrogen) atoms. The molecule has 5 heteroatoms. The Hall–Kier alpha value is -2.95. The molecule has 1 aliphatic heterocycles. The van der Waals surface area contributed by atoms with Crippen LogP contribution in [0.15, 0.2) is 55.0 Å². The molecule has 0 spiro atoms. The fourth-order valence-corrected chi connectivity index (χ4v) is 3.08. The first-order valence-corrected chi connectivity index (χ1v) is 8.68. The molecule has 3 rings (SSSR count). The molecule has 2 heterocycles. The van der Waals surface area contributed by atoms with E-state index in [1.807, 2.05) is 50.3 Å². The van der Waals surface area contributed by atoms with Crippen molar-refractivity contribution >= 4 is 17.8 Å². The molecule has 1 fully saturated rings. The summed E-state index contributed by atoms with van der Waals surface area (Å²) in [7, 11) is 0. The maximum Gasteiger partial charge on any atom is 0.228 e. The third-order valence-corrected chi connectivity index (χ3v) is 4.79. The molecule has 1 aromatic heterocycles. The molecule has 0 saturated carbocycles. The number of nitrogens with one attached hydrogen (secondary N) is 2. The van der Waals surface area contributed by atoms with Crippen LogP contribution in [0.1, 0.15) is 37.2 Å². The van der Waals surface area contributed by atoms with Gasteiger partial charge in [0.1, 0.15) is 0 Å². The number of rotatable bonds is 5. The van der Waals surface area contributed by atoms with Crippen molar-refractivity contribution < 1.29 is 9.59 Å². The second-order valence-electron chi connectivity index (χ2n) is 7.15. The van der Waals surface area contributed by atoms with E-state index >= 15 is 0 Å². The van der Waals surface area contributed by atoms with Crippen molar-refractivity contribution in [2.75, 3.05) is 0 Å². The standard InChI is InChI=1S/C21H23N3O2/c1-4-21(2,3)19-17(22-13-23-19)12-16-18(25)11-15(20(26)24-16)10-14-8-6-5-7-9-14/h4-9,12-13,15H,1,10-11H2,2-3H3,(H,22,23)(H,24,26)/b16-12+. The minimum atomic E-state index is -0.342. The van der Waals surface area contributed by atoms with E-state index in [1.54, 1.807) is 12.4 Å². The molecule has 1 amide bonds. The maximum atomic E-state index is 12.6. The minimum Gasteiger partial charge on any atom is -0.347 e. The summed E-state index contributed by atoms with van der Waals surface area (Å²) in [5.74, 6) is -0.541. The van der Waals surface area contributed by atoms with Gasteiger partial charge in [-0.25, -0.2) is 4.98 Å². The molecule has 0 radical (unpaired) electrons. The van der Waals surface area contributed by atoms with Crippen LogP contribution in [0.5, 0.6) is 0 Å². The van der Waals surface area contributed by atoms with Gasteiger partial charge in [-0.15, -0.1) is 6.58 Å². The van der Waals surface area contributed by atoms with Gasteiger partial charge in [-0.05, 0) is 18.1 Å². The molecule has 1 unspecified atom stereocenters. The normalized spacial score (nSPS) is 19.5. The predicted octanol–water partition coefficient (Wildman–Crippen LogP) is 3.16. The number of ketones is 1.